The number of halogens is 3. The van der Waals surface area contributed by atoms with Gasteiger partial charge in [0.2, 0.25) is 0 Å². The molecule has 1 N–H and O–H groups in total. The standard InChI is InChI=1S/C13H10F3NO/c14-13(15,16)12-4-2-1-3-11(12)10-5-9(8-18)6-17-7-10/h1-7,18H,8H2. The number of aliphatic hydroxyl groups is 1. The van der Waals surface area contributed by atoms with Gasteiger partial charge in [-0.2, -0.15) is 13.2 Å². The summed E-state index contributed by atoms with van der Waals surface area (Å²) >= 11 is 0. The van der Waals surface area contributed by atoms with Crippen LogP contribution in [0, 0.1) is 0 Å². The SMILES string of the molecule is OCc1cncc(-c2ccccc2C(F)(F)F)c1. The number of nitrogens with zero attached hydrogens (tertiary/aromatic N) is 1. The fraction of sp³-hybridized carbons (Fsp3) is 0.154. The second-order valence-electron chi connectivity index (χ2n) is 3.78. The van der Waals surface area contributed by atoms with Crippen molar-refractivity contribution < 1.29 is 18.3 Å². The Morgan fingerprint density at radius 3 is 2.50 bits per heavy atom. The zero-order valence-electron chi connectivity index (χ0n) is 9.28. The van der Waals surface area contributed by atoms with Crippen LogP contribution in [-0.4, -0.2) is 10.1 Å². The van der Waals surface area contributed by atoms with Crippen LogP contribution in [0.15, 0.2) is 42.7 Å². The van der Waals surface area contributed by atoms with E-state index in [1.165, 1.54) is 36.7 Å². The summed E-state index contributed by atoms with van der Waals surface area (Å²) in [5, 5.41) is 8.98. The van der Waals surface area contributed by atoms with E-state index in [1.54, 1.807) is 0 Å². The fourth-order valence-electron chi connectivity index (χ4n) is 1.70. The average molecular weight is 253 g/mol. The highest BCUT2D eigenvalue weighted by atomic mass is 19.4. The molecule has 0 aliphatic rings. The van der Waals surface area contributed by atoms with Crippen molar-refractivity contribution in [3.05, 3.63) is 53.9 Å². The number of hydrogen-bond donors (Lipinski definition) is 1. The normalized spacial score (nSPS) is 11.6. The predicted octanol–water partition coefficient (Wildman–Crippen LogP) is 3.26. The van der Waals surface area contributed by atoms with Crippen LogP contribution in [-0.2, 0) is 12.8 Å². The lowest BCUT2D eigenvalue weighted by Gasteiger charge is -2.12. The number of rotatable bonds is 2. The molecule has 2 nitrogen and oxygen atoms in total. The Morgan fingerprint density at radius 2 is 1.83 bits per heavy atom. The van der Waals surface area contributed by atoms with Crippen LogP contribution >= 0.6 is 0 Å². The van der Waals surface area contributed by atoms with E-state index in [2.05, 4.69) is 4.98 Å². The molecule has 94 valence electrons. The summed E-state index contributed by atoms with van der Waals surface area (Å²) in [7, 11) is 0. The van der Waals surface area contributed by atoms with Crippen LogP contribution in [0.1, 0.15) is 11.1 Å². The molecule has 0 bridgehead atoms. The van der Waals surface area contributed by atoms with Crippen molar-refractivity contribution >= 4 is 0 Å². The van der Waals surface area contributed by atoms with Crippen molar-refractivity contribution in [1.29, 1.82) is 0 Å². The first-order valence-electron chi connectivity index (χ1n) is 5.24. The van der Waals surface area contributed by atoms with Crippen LogP contribution < -0.4 is 0 Å². The minimum absolute atomic E-state index is 0.0628. The Balaban J connectivity index is 2.57. The van der Waals surface area contributed by atoms with E-state index in [1.807, 2.05) is 0 Å². The highest BCUT2D eigenvalue weighted by Gasteiger charge is 2.33. The van der Waals surface area contributed by atoms with Gasteiger partial charge in [-0.25, -0.2) is 0 Å². The molecule has 0 saturated heterocycles. The third kappa shape index (κ3) is 2.51. The van der Waals surface area contributed by atoms with Gasteiger partial charge >= 0.3 is 6.18 Å². The smallest absolute Gasteiger partial charge is 0.392 e. The Bertz CT molecular complexity index is 552. The maximum absolute atomic E-state index is 12.8. The van der Waals surface area contributed by atoms with E-state index >= 15 is 0 Å². The van der Waals surface area contributed by atoms with Gasteiger partial charge < -0.3 is 5.11 Å². The molecule has 1 heterocycles. The summed E-state index contributed by atoms with van der Waals surface area (Å²) in [5.41, 5.74) is 0.175. The molecule has 0 aliphatic heterocycles. The van der Waals surface area contributed by atoms with E-state index in [4.69, 9.17) is 5.11 Å². The molecule has 1 aromatic carbocycles. The molecular weight excluding hydrogens is 243 g/mol. The van der Waals surface area contributed by atoms with Crippen LogP contribution in [0.2, 0.25) is 0 Å². The van der Waals surface area contributed by atoms with Crippen LogP contribution in [0.25, 0.3) is 11.1 Å². The molecule has 0 radical (unpaired) electrons. The number of aromatic nitrogens is 1. The predicted molar refractivity (Wildman–Crippen MR) is 60.6 cm³/mol. The van der Waals surface area contributed by atoms with Crippen molar-refractivity contribution in [2.24, 2.45) is 0 Å². The molecule has 18 heavy (non-hydrogen) atoms. The van der Waals surface area contributed by atoms with Gasteiger partial charge in [0.15, 0.2) is 0 Å². The van der Waals surface area contributed by atoms with E-state index in [-0.39, 0.29) is 12.2 Å². The summed E-state index contributed by atoms with van der Waals surface area (Å²) in [6.45, 7) is -0.255. The quantitative estimate of drug-likeness (QED) is 0.891. The number of benzene rings is 1. The maximum atomic E-state index is 12.8. The molecule has 0 amide bonds. The molecular formula is C13H10F3NO. The van der Waals surface area contributed by atoms with E-state index in [0.717, 1.165) is 6.07 Å². The van der Waals surface area contributed by atoms with Crippen molar-refractivity contribution in [2.45, 2.75) is 12.8 Å². The van der Waals surface area contributed by atoms with Crippen molar-refractivity contribution in [3.8, 4) is 11.1 Å². The first-order chi connectivity index (χ1) is 8.52. The van der Waals surface area contributed by atoms with Gasteiger partial charge in [-0.1, -0.05) is 18.2 Å². The Kier molecular flexibility index (Phi) is 3.34. The second-order valence-corrected chi connectivity index (χ2v) is 3.78. The lowest BCUT2D eigenvalue weighted by molar-refractivity contribution is -0.137. The largest absolute Gasteiger partial charge is 0.417 e. The molecule has 0 saturated carbocycles. The van der Waals surface area contributed by atoms with Crippen LogP contribution in [0.3, 0.4) is 0 Å². The minimum atomic E-state index is -4.41. The van der Waals surface area contributed by atoms with Gasteiger partial charge in [-0.15, -0.1) is 0 Å². The third-order valence-corrected chi connectivity index (χ3v) is 2.52. The Labute approximate surface area is 102 Å². The number of aliphatic hydroxyl groups excluding tert-OH is 1. The van der Waals surface area contributed by atoms with Crippen LogP contribution in [0.4, 0.5) is 13.2 Å². The first kappa shape index (κ1) is 12.6. The highest BCUT2D eigenvalue weighted by molar-refractivity contribution is 5.67. The summed E-state index contributed by atoms with van der Waals surface area (Å²) < 4.78 is 38.5. The molecule has 0 aliphatic carbocycles. The molecule has 0 atom stereocenters. The topological polar surface area (TPSA) is 33.1 Å². The van der Waals surface area contributed by atoms with Crippen molar-refractivity contribution in [3.63, 3.8) is 0 Å². The lowest BCUT2D eigenvalue weighted by atomic mass is 10.00. The lowest BCUT2D eigenvalue weighted by Crippen LogP contribution is -2.07. The Morgan fingerprint density at radius 1 is 1.11 bits per heavy atom. The summed E-state index contributed by atoms with van der Waals surface area (Å²) in [6, 6.07) is 6.80. The van der Waals surface area contributed by atoms with E-state index < -0.39 is 11.7 Å². The number of hydrogen-bond acceptors (Lipinski definition) is 2. The molecule has 0 unspecified atom stereocenters. The van der Waals surface area contributed by atoms with Gasteiger partial charge in [0, 0.05) is 18.0 Å². The first-order valence-corrected chi connectivity index (χ1v) is 5.24. The van der Waals surface area contributed by atoms with E-state index in [0.29, 0.717) is 11.1 Å². The van der Waals surface area contributed by atoms with Crippen molar-refractivity contribution in [1.82, 2.24) is 4.98 Å². The van der Waals surface area contributed by atoms with Crippen molar-refractivity contribution in [2.75, 3.05) is 0 Å². The molecule has 0 spiro atoms. The molecule has 1 aromatic heterocycles. The number of pyridine rings is 1. The number of alkyl halides is 3. The zero-order valence-corrected chi connectivity index (χ0v) is 9.28. The molecule has 2 aromatic rings. The summed E-state index contributed by atoms with van der Waals surface area (Å²) in [5.74, 6) is 0. The van der Waals surface area contributed by atoms with Gasteiger partial charge in [0.05, 0.1) is 12.2 Å². The molecule has 2 rings (SSSR count). The third-order valence-electron chi connectivity index (χ3n) is 2.52. The summed E-state index contributed by atoms with van der Waals surface area (Å²) in [4.78, 5) is 3.83. The summed E-state index contributed by atoms with van der Waals surface area (Å²) in [6.07, 6.45) is -1.64. The van der Waals surface area contributed by atoms with Gasteiger partial charge in [-0.05, 0) is 23.3 Å². The monoisotopic (exact) mass is 253 g/mol. The van der Waals surface area contributed by atoms with Crippen LogP contribution in [0.5, 0.6) is 0 Å². The highest BCUT2D eigenvalue weighted by Crippen LogP contribution is 2.36. The minimum Gasteiger partial charge on any atom is -0.392 e. The molecule has 0 fully saturated rings. The van der Waals surface area contributed by atoms with Gasteiger partial charge in [0.1, 0.15) is 0 Å². The Hall–Kier alpha value is -1.88. The maximum Gasteiger partial charge on any atom is 0.417 e. The average Bonchev–Trinajstić information content (AvgIpc) is 2.38. The van der Waals surface area contributed by atoms with Gasteiger partial charge in [-0.3, -0.25) is 4.98 Å². The van der Waals surface area contributed by atoms with Gasteiger partial charge in [0.25, 0.3) is 0 Å². The zero-order chi connectivity index (χ0) is 13.2. The van der Waals surface area contributed by atoms with E-state index in [9.17, 15) is 13.2 Å². The fourth-order valence-corrected chi connectivity index (χ4v) is 1.70. The second kappa shape index (κ2) is 4.78. The molecule has 5 heteroatoms.